The second-order valence-corrected chi connectivity index (χ2v) is 6.40. The van der Waals surface area contributed by atoms with Crippen molar-refractivity contribution in [2.24, 2.45) is 0 Å². The average Bonchev–Trinajstić information content (AvgIpc) is 2.54. The van der Waals surface area contributed by atoms with Gasteiger partial charge in [0.1, 0.15) is 6.04 Å². The molecule has 4 atom stereocenters. The van der Waals surface area contributed by atoms with Crippen LogP contribution in [0, 0.1) is 0 Å². The number of ether oxygens (including phenoxy) is 1. The van der Waals surface area contributed by atoms with E-state index in [0.717, 1.165) is 24.8 Å². The molecule has 0 bridgehead atoms. The minimum absolute atomic E-state index is 0.0645. The van der Waals surface area contributed by atoms with Crippen LogP contribution < -0.4 is 0 Å². The third-order valence-electron chi connectivity index (χ3n) is 4.68. The van der Waals surface area contributed by atoms with Gasteiger partial charge in [-0.3, -0.25) is 9.69 Å². The van der Waals surface area contributed by atoms with E-state index in [1.165, 1.54) is 0 Å². The van der Waals surface area contributed by atoms with Crippen LogP contribution in [0.15, 0.2) is 30.3 Å². The number of likely N-dealkylation sites (tertiary alicyclic amines) is 1. The summed E-state index contributed by atoms with van der Waals surface area (Å²) < 4.78 is 18.9. The maximum atomic E-state index is 13.7. The molecule has 1 aliphatic heterocycles. The van der Waals surface area contributed by atoms with Crippen molar-refractivity contribution < 1.29 is 13.9 Å². The van der Waals surface area contributed by atoms with Crippen molar-refractivity contribution in [3.63, 3.8) is 0 Å². The summed E-state index contributed by atoms with van der Waals surface area (Å²) in [4.78, 5) is 14.6. The molecular weight excluding hydrogens is 293 g/mol. The molecule has 1 saturated heterocycles. The zero-order valence-electron chi connectivity index (χ0n) is 14.4. The van der Waals surface area contributed by atoms with Crippen molar-refractivity contribution in [1.29, 1.82) is 0 Å². The predicted octanol–water partition coefficient (Wildman–Crippen LogP) is 4.28. The fourth-order valence-electron chi connectivity index (χ4n) is 3.68. The molecule has 2 rings (SSSR count). The van der Waals surface area contributed by atoms with Crippen molar-refractivity contribution in [3.8, 4) is 0 Å². The minimum Gasteiger partial charge on any atom is -0.465 e. The molecule has 3 nitrogen and oxygen atoms in total. The Morgan fingerprint density at radius 2 is 2.00 bits per heavy atom. The van der Waals surface area contributed by atoms with Gasteiger partial charge in [0.25, 0.3) is 0 Å². The number of piperidine rings is 1. The van der Waals surface area contributed by atoms with Crippen molar-refractivity contribution in [3.05, 3.63) is 35.9 Å². The van der Waals surface area contributed by atoms with E-state index in [-0.39, 0.29) is 24.1 Å². The van der Waals surface area contributed by atoms with Crippen LogP contribution in [0.1, 0.15) is 58.1 Å². The van der Waals surface area contributed by atoms with Crippen LogP contribution in [0.3, 0.4) is 0 Å². The third kappa shape index (κ3) is 4.54. The fourth-order valence-corrected chi connectivity index (χ4v) is 3.68. The van der Waals surface area contributed by atoms with Crippen LogP contribution in [-0.4, -0.2) is 35.7 Å². The molecule has 1 aliphatic rings. The summed E-state index contributed by atoms with van der Waals surface area (Å²) in [6, 6.07) is 9.99. The lowest BCUT2D eigenvalue weighted by molar-refractivity contribution is -0.154. The van der Waals surface area contributed by atoms with Crippen molar-refractivity contribution in [2.45, 2.75) is 70.8 Å². The minimum atomic E-state index is -0.869. The van der Waals surface area contributed by atoms with E-state index < -0.39 is 6.17 Å². The number of alkyl halides is 1. The molecule has 0 saturated carbocycles. The number of hydrogen-bond acceptors (Lipinski definition) is 3. The lowest BCUT2D eigenvalue weighted by Gasteiger charge is -2.45. The number of hydrogen-bond donors (Lipinski definition) is 0. The zero-order chi connectivity index (χ0) is 16.8. The monoisotopic (exact) mass is 321 g/mol. The number of carbonyl (C=O) groups is 1. The van der Waals surface area contributed by atoms with Crippen LogP contribution >= 0.6 is 0 Å². The fraction of sp³-hybridized carbons (Fsp3) is 0.632. The number of carbonyl (C=O) groups excluding carboxylic acids is 1. The van der Waals surface area contributed by atoms with E-state index in [9.17, 15) is 9.18 Å². The van der Waals surface area contributed by atoms with Crippen LogP contribution in [0.2, 0.25) is 0 Å². The maximum absolute atomic E-state index is 13.7. The largest absolute Gasteiger partial charge is 0.465 e. The molecule has 1 aromatic carbocycles. The van der Waals surface area contributed by atoms with Crippen LogP contribution in [-0.2, 0) is 9.53 Å². The normalized spacial score (nSPS) is 24.9. The van der Waals surface area contributed by atoms with Crippen molar-refractivity contribution >= 4 is 5.97 Å². The Morgan fingerprint density at radius 1 is 1.30 bits per heavy atom. The number of benzene rings is 1. The summed E-state index contributed by atoms with van der Waals surface area (Å²) in [5, 5.41) is 0. The van der Waals surface area contributed by atoms with E-state index in [4.69, 9.17) is 4.74 Å². The van der Waals surface area contributed by atoms with Crippen molar-refractivity contribution in [2.75, 3.05) is 6.61 Å². The molecule has 1 heterocycles. The SMILES string of the molecule is CCOC(=O)[C@H]1CCC[C@H](CC(C)F)N1[C@@H](C)c1ccccc1. The highest BCUT2D eigenvalue weighted by molar-refractivity contribution is 5.76. The molecule has 128 valence electrons. The number of rotatable bonds is 6. The summed E-state index contributed by atoms with van der Waals surface area (Å²) >= 11 is 0. The quantitative estimate of drug-likeness (QED) is 0.732. The Kier molecular flexibility index (Phi) is 6.58. The molecule has 0 N–H and O–H groups in total. The Bertz CT molecular complexity index is 491. The first-order valence-corrected chi connectivity index (χ1v) is 8.67. The van der Waals surface area contributed by atoms with Crippen LogP contribution in [0.4, 0.5) is 4.39 Å². The van der Waals surface area contributed by atoms with Gasteiger partial charge in [-0.2, -0.15) is 0 Å². The number of nitrogens with zero attached hydrogens (tertiary/aromatic N) is 1. The molecule has 0 amide bonds. The second-order valence-electron chi connectivity index (χ2n) is 6.40. The first-order valence-electron chi connectivity index (χ1n) is 8.67. The molecular formula is C19H28FNO2. The Morgan fingerprint density at radius 3 is 2.61 bits per heavy atom. The van der Waals surface area contributed by atoms with E-state index in [1.807, 2.05) is 25.1 Å². The Labute approximate surface area is 138 Å². The summed E-state index contributed by atoms with van der Waals surface area (Å²) in [6.07, 6.45) is 2.26. The molecule has 1 unspecified atom stereocenters. The van der Waals surface area contributed by atoms with Crippen LogP contribution in [0.25, 0.3) is 0 Å². The lowest BCUT2D eigenvalue weighted by atomic mass is 9.89. The van der Waals surface area contributed by atoms with Gasteiger partial charge < -0.3 is 4.74 Å². The van der Waals surface area contributed by atoms with Gasteiger partial charge in [0.2, 0.25) is 0 Å². The van der Waals surface area contributed by atoms with Gasteiger partial charge in [-0.05, 0) is 52.0 Å². The third-order valence-corrected chi connectivity index (χ3v) is 4.68. The average molecular weight is 321 g/mol. The zero-order valence-corrected chi connectivity index (χ0v) is 14.4. The molecule has 0 aliphatic carbocycles. The van der Waals surface area contributed by atoms with Gasteiger partial charge in [-0.25, -0.2) is 4.39 Å². The highest BCUT2D eigenvalue weighted by Gasteiger charge is 2.39. The standard InChI is InChI=1S/C19H28FNO2/c1-4-23-19(22)18-12-8-11-17(13-14(2)20)21(18)15(3)16-9-6-5-7-10-16/h5-7,9-10,14-15,17-18H,4,8,11-13H2,1-3H3/t14?,15-,17+,18+/m0/s1. The summed E-state index contributed by atoms with van der Waals surface area (Å²) in [6.45, 7) is 5.90. The van der Waals surface area contributed by atoms with Crippen molar-refractivity contribution in [1.82, 2.24) is 4.90 Å². The van der Waals surface area contributed by atoms with E-state index in [1.54, 1.807) is 6.92 Å². The highest BCUT2D eigenvalue weighted by atomic mass is 19.1. The molecule has 23 heavy (non-hydrogen) atoms. The predicted molar refractivity (Wildman–Crippen MR) is 89.9 cm³/mol. The smallest absolute Gasteiger partial charge is 0.323 e. The van der Waals surface area contributed by atoms with Gasteiger partial charge in [0, 0.05) is 12.1 Å². The van der Waals surface area contributed by atoms with E-state index >= 15 is 0 Å². The molecule has 1 aromatic rings. The molecule has 0 spiro atoms. The van der Waals surface area contributed by atoms with Gasteiger partial charge in [-0.1, -0.05) is 30.3 Å². The topological polar surface area (TPSA) is 29.5 Å². The van der Waals surface area contributed by atoms with E-state index in [2.05, 4.69) is 24.0 Å². The molecule has 0 aromatic heterocycles. The Balaban J connectivity index is 2.28. The molecule has 1 fully saturated rings. The van der Waals surface area contributed by atoms with Gasteiger partial charge in [-0.15, -0.1) is 0 Å². The first-order chi connectivity index (χ1) is 11.0. The van der Waals surface area contributed by atoms with E-state index in [0.29, 0.717) is 13.0 Å². The second kappa shape index (κ2) is 8.44. The summed E-state index contributed by atoms with van der Waals surface area (Å²) in [7, 11) is 0. The van der Waals surface area contributed by atoms with Gasteiger partial charge >= 0.3 is 5.97 Å². The maximum Gasteiger partial charge on any atom is 0.323 e. The number of esters is 1. The Hall–Kier alpha value is -1.42. The van der Waals surface area contributed by atoms with Crippen LogP contribution in [0.5, 0.6) is 0 Å². The molecule has 4 heteroatoms. The van der Waals surface area contributed by atoms with Gasteiger partial charge in [0.05, 0.1) is 12.8 Å². The summed E-state index contributed by atoms with van der Waals surface area (Å²) in [5.41, 5.74) is 1.15. The number of halogens is 1. The summed E-state index contributed by atoms with van der Waals surface area (Å²) in [5.74, 6) is -0.175. The molecule has 0 radical (unpaired) electrons. The first kappa shape index (κ1) is 17.9. The van der Waals surface area contributed by atoms with Gasteiger partial charge in [0.15, 0.2) is 0 Å². The highest BCUT2D eigenvalue weighted by Crippen LogP contribution is 2.35. The lowest BCUT2D eigenvalue weighted by Crippen LogP contribution is -2.52.